The van der Waals surface area contributed by atoms with E-state index in [0.717, 1.165) is 0 Å². The smallest absolute Gasteiger partial charge is 0.263 e. The second-order valence-corrected chi connectivity index (χ2v) is 6.56. The molecule has 2 rings (SSSR count). The van der Waals surface area contributed by atoms with Crippen LogP contribution in [0, 0.1) is 0 Å². The fraction of sp³-hybridized carbons (Fsp3) is 0.0909. The van der Waals surface area contributed by atoms with Crippen molar-refractivity contribution in [1.82, 2.24) is 9.97 Å². The lowest BCUT2D eigenvalue weighted by molar-refractivity contribution is 0.398. The summed E-state index contributed by atoms with van der Waals surface area (Å²) in [5.41, 5.74) is 0. The average molecular weight is 369 g/mol. The van der Waals surface area contributed by atoms with Crippen LogP contribution in [0.4, 0.5) is 5.82 Å². The molecule has 6 nitrogen and oxygen atoms in total. The Bertz CT molecular complexity index is 766. The summed E-state index contributed by atoms with van der Waals surface area (Å²) in [6.07, 6.45) is 0. The predicted octanol–water partition coefficient (Wildman–Crippen LogP) is 3.25. The van der Waals surface area contributed by atoms with Crippen molar-refractivity contribution in [2.75, 3.05) is 11.8 Å². The van der Waals surface area contributed by atoms with Gasteiger partial charge in [-0.05, 0) is 24.3 Å². The number of aromatic nitrogens is 2. The molecule has 0 aliphatic rings. The van der Waals surface area contributed by atoms with Gasteiger partial charge in [-0.2, -0.15) is 4.98 Å². The van der Waals surface area contributed by atoms with E-state index in [1.54, 1.807) is 0 Å². The topological polar surface area (TPSA) is 81.2 Å². The van der Waals surface area contributed by atoms with Crippen molar-refractivity contribution in [2.24, 2.45) is 0 Å². The van der Waals surface area contributed by atoms with E-state index in [0.29, 0.717) is 5.02 Å². The van der Waals surface area contributed by atoms with Crippen LogP contribution in [0.15, 0.2) is 29.2 Å². The van der Waals surface area contributed by atoms with Crippen molar-refractivity contribution >= 4 is 50.6 Å². The zero-order chi connectivity index (χ0) is 15.6. The van der Waals surface area contributed by atoms with Crippen LogP contribution in [-0.4, -0.2) is 25.5 Å². The van der Waals surface area contributed by atoms with Crippen LogP contribution in [0.1, 0.15) is 0 Å². The van der Waals surface area contributed by atoms with E-state index in [-0.39, 0.29) is 26.9 Å². The van der Waals surface area contributed by atoms with Crippen molar-refractivity contribution in [3.8, 4) is 5.88 Å². The largest absolute Gasteiger partial charge is 0.478 e. The molecule has 1 N–H and O–H groups in total. The molecule has 0 aliphatic heterocycles. The van der Waals surface area contributed by atoms with Crippen LogP contribution in [0.25, 0.3) is 0 Å². The van der Waals surface area contributed by atoms with Gasteiger partial charge < -0.3 is 4.74 Å². The van der Waals surface area contributed by atoms with Crippen molar-refractivity contribution in [3.63, 3.8) is 0 Å². The van der Waals surface area contributed by atoms with Crippen molar-refractivity contribution < 1.29 is 13.2 Å². The summed E-state index contributed by atoms with van der Waals surface area (Å²) in [6, 6.07) is 5.60. The Kier molecular flexibility index (Phi) is 4.77. The number of methoxy groups -OCH3 is 1. The van der Waals surface area contributed by atoms with Crippen LogP contribution in [0.2, 0.25) is 15.3 Å². The number of hydrogen-bond acceptors (Lipinski definition) is 5. The molecule has 0 fully saturated rings. The van der Waals surface area contributed by atoms with Crippen LogP contribution in [-0.2, 0) is 10.0 Å². The third-order valence-electron chi connectivity index (χ3n) is 2.33. The molecule has 0 atom stereocenters. The summed E-state index contributed by atoms with van der Waals surface area (Å²) in [5, 5.41) is 0.176. The molecule has 1 heterocycles. The predicted molar refractivity (Wildman–Crippen MR) is 80.9 cm³/mol. The standard InChI is InChI=1S/C11H8Cl3N3O3S/c1-20-11-10(15-8(13)9(14)16-11)17-21(18,19)7-4-2-6(12)3-5-7/h2-5H,1H3,(H,15,17). The van der Waals surface area contributed by atoms with Crippen LogP contribution >= 0.6 is 34.8 Å². The van der Waals surface area contributed by atoms with E-state index in [9.17, 15) is 8.42 Å². The summed E-state index contributed by atoms with van der Waals surface area (Å²) < 4.78 is 31.6. The lowest BCUT2D eigenvalue weighted by Gasteiger charge is -2.11. The monoisotopic (exact) mass is 367 g/mol. The third kappa shape index (κ3) is 3.68. The van der Waals surface area contributed by atoms with E-state index < -0.39 is 10.0 Å². The molecule has 21 heavy (non-hydrogen) atoms. The maximum Gasteiger partial charge on any atom is 0.263 e. The number of ether oxygens (including phenoxy) is 1. The van der Waals surface area contributed by atoms with Gasteiger partial charge in [0.05, 0.1) is 12.0 Å². The van der Waals surface area contributed by atoms with Crippen molar-refractivity contribution in [2.45, 2.75) is 4.90 Å². The minimum Gasteiger partial charge on any atom is -0.478 e. The van der Waals surface area contributed by atoms with E-state index >= 15 is 0 Å². The molecule has 0 unspecified atom stereocenters. The summed E-state index contributed by atoms with van der Waals surface area (Å²) in [4.78, 5) is 7.59. The minimum absolute atomic E-state index is 0.00169. The normalized spacial score (nSPS) is 11.2. The Morgan fingerprint density at radius 3 is 2.19 bits per heavy atom. The Labute approximate surface area is 136 Å². The summed E-state index contributed by atoms with van der Waals surface area (Å²) in [6.45, 7) is 0. The zero-order valence-electron chi connectivity index (χ0n) is 10.5. The highest BCUT2D eigenvalue weighted by Gasteiger charge is 2.20. The second kappa shape index (κ2) is 6.23. The van der Waals surface area contributed by atoms with E-state index in [1.807, 2.05) is 0 Å². The van der Waals surface area contributed by atoms with E-state index in [2.05, 4.69) is 14.7 Å². The highest BCUT2D eigenvalue weighted by Crippen LogP contribution is 2.28. The van der Waals surface area contributed by atoms with Gasteiger partial charge in [0.15, 0.2) is 10.3 Å². The molecule has 0 saturated heterocycles. The first-order chi connectivity index (χ1) is 9.83. The Morgan fingerprint density at radius 1 is 1.05 bits per heavy atom. The van der Waals surface area contributed by atoms with Gasteiger partial charge in [-0.1, -0.05) is 34.8 Å². The quantitative estimate of drug-likeness (QED) is 0.896. The first-order valence-corrected chi connectivity index (χ1v) is 8.00. The molecule has 1 aromatic carbocycles. The molecule has 0 bridgehead atoms. The molecule has 1 aromatic heterocycles. The SMILES string of the molecule is COc1nc(Cl)c(Cl)nc1NS(=O)(=O)c1ccc(Cl)cc1. The fourth-order valence-corrected chi connectivity index (χ4v) is 2.76. The number of nitrogens with zero attached hydrogens (tertiary/aromatic N) is 2. The van der Waals surface area contributed by atoms with E-state index in [4.69, 9.17) is 39.5 Å². The molecule has 2 aromatic rings. The Balaban J connectivity index is 2.41. The lowest BCUT2D eigenvalue weighted by atomic mass is 10.4. The maximum absolute atomic E-state index is 12.2. The first kappa shape index (κ1) is 16.1. The molecule has 0 amide bonds. The number of benzene rings is 1. The molecular formula is C11H8Cl3N3O3S. The van der Waals surface area contributed by atoms with Gasteiger partial charge in [-0.25, -0.2) is 13.4 Å². The highest BCUT2D eigenvalue weighted by molar-refractivity contribution is 7.92. The molecular weight excluding hydrogens is 361 g/mol. The van der Waals surface area contributed by atoms with Gasteiger partial charge in [-0.3, -0.25) is 4.72 Å². The molecule has 0 aliphatic carbocycles. The van der Waals surface area contributed by atoms with E-state index in [1.165, 1.54) is 31.4 Å². The Morgan fingerprint density at radius 2 is 1.62 bits per heavy atom. The number of rotatable bonds is 4. The number of hydrogen-bond donors (Lipinski definition) is 1. The maximum atomic E-state index is 12.2. The zero-order valence-corrected chi connectivity index (χ0v) is 13.6. The van der Waals surface area contributed by atoms with Gasteiger partial charge in [0.25, 0.3) is 15.9 Å². The van der Waals surface area contributed by atoms with Crippen molar-refractivity contribution in [1.29, 1.82) is 0 Å². The number of anilines is 1. The van der Waals surface area contributed by atoms with Gasteiger partial charge in [0, 0.05) is 5.02 Å². The number of sulfonamides is 1. The number of halogens is 3. The molecule has 0 radical (unpaired) electrons. The lowest BCUT2D eigenvalue weighted by Crippen LogP contribution is -2.15. The minimum atomic E-state index is -3.89. The molecule has 112 valence electrons. The summed E-state index contributed by atoms with van der Waals surface area (Å²) >= 11 is 17.1. The molecule has 0 spiro atoms. The molecule has 0 saturated carbocycles. The Hall–Kier alpha value is -1.28. The van der Waals surface area contributed by atoms with Gasteiger partial charge in [0.1, 0.15) is 0 Å². The van der Waals surface area contributed by atoms with Gasteiger partial charge in [-0.15, -0.1) is 0 Å². The third-order valence-corrected chi connectivity index (χ3v) is 4.56. The molecule has 10 heteroatoms. The number of nitrogens with one attached hydrogen (secondary N) is 1. The fourth-order valence-electron chi connectivity index (χ4n) is 1.39. The summed E-state index contributed by atoms with van der Waals surface area (Å²) in [7, 11) is -2.59. The average Bonchev–Trinajstić information content (AvgIpc) is 2.42. The second-order valence-electron chi connectivity index (χ2n) is 3.72. The van der Waals surface area contributed by atoms with Gasteiger partial charge >= 0.3 is 0 Å². The first-order valence-electron chi connectivity index (χ1n) is 5.39. The van der Waals surface area contributed by atoms with Gasteiger partial charge in [0.2, 0.25) is 5.82 Å². The van der Waals surface area contributed by atoms with Crippen LogP contribution in [0.5, 0.6) is 5.88 Å². The highest BCUT2D eigenvalue weighted by atomic mass is 35.5. The van der Waals surface area contributed by atoms with Crippen LogP contribution < -0.4 is 9.46 Å². The van der Waals surface area contributed by atoms with Crippen LogP contribution in [0.3, 0.4) is 0 Å². The van der Waals surface area contributed by atoms with Crippen molar-refractivity contribution in [3.05, 3.63) is 39.6 Å². The summed E-state index contributed by atoms with van der Waals surface area (Å²) in [5.74, 6) is -0.260.